The number of hydrogen-bond acceptors (Lipinski definition) is 5. The van der Waals surface area contributed by atoms with Crippen LogP contribution in [0.15, 0.2) is 24.3 Å². The van der Waals surface area contributed by atoms with Gasteiger partial charge in [0.25, 0.3) is 0 Å². The zero-order chi connectivity index (χ0) is 22.5. The molecule has 2 aromatic rings. The molecule has 1 aromatic heterocycles. The van der Waals surface area contributed by atoms with E-state index in [1.807, 2.05) is 25.1 Å². The summed E-state index contributed by atoms with van der Waals surface area (Å²) in [5.74, 6) is -0.235. The van der Waals surface area contributed by atoms with Gasteiger partial charge in [-0.15, -0.1) is 11.3 Å². The van der Waals surface area contributed by atoms with Crippen molar-refractivity contribution in [1.82, 2.24) is 4.90 Å². The van der Waals surface area contributed by atoms with Crippen molar-refractivity contribution in [3.63, 3.8) is 0 Å². The van der Waals surface area contributed by atoms with Crippen LogP contribution in [0.25, 0.3) is 0 Å². The van der Waals surface area contributed by atoms with Crippen molar-refractivity contribution >= 4 is 56.9 Å². The van der Waals surface area contributed by atoms with Gasteiger partial charge in [-0.25, -0.2) is 4.79 Å². The molecule has 1 saturated heterocycles. The third-order valence-electron chi connectivity index (χ3n) is 6.11. The van der Waals surface area contributed by atoms with Crippen LogP contribution in [0, 0.1) is 0 Å². The van der Waals surface area contributed by atoms with Gasteiger partial charge in [0, 0.05) is 41.8 Å². The standard InChI is InChI=1S/C24H30ClN3O2S2/c1-2-30-23(29)21-19-10-5-3-4-6-11-20(19)32-22(21)26-24(31)28-14-12-27(13-15-28)18-9-7-8-17(25)16-18/h7-9,16H,2-6,10-15H2,1H3,(H,26,31). The number of esters is 1. The van der Waals surface area contributed by atoms with Gasteiger partial charge in [0.2, 0.25) is 0 Å². The molecule has 1 aromatic carbocycles. The summed E-state index contributed by atoms with van der Waals surface area (Å²) < 4.78 is 5.42. The minimum Gasteiger partial charge on any atom is -0.462 e. The van der Waals surface area contributed by atoms with Crippen LogP contribution in [0.3, 0.4) is 0 Å². The molecular formula is C24H30ClN3O2S2. The Bertz CT molecular complexity index is 970. The monoisotopic (exact) mass is 491 g/mol. The first-order valence-corrected chi connectivity index (χ1v) is 13.0. The average molecular weight is 492 g/mol. The third kappa shape index (κ3) is 5.38. The zero-order valence-corrected chi connectivity index (χ0v) is 20.9. The van der Waals surface area contributed by atoms with Crippen LogP contribution in [0.1, 0.15) is 53.4 Å². The fraction of sp³-hybridized carbons (Fsp3) is 0.500. The largest absolute Gasteiger partial charge is 0.462 e. The van der Waals surface area contributed by atoms with Crippen LogP contribution < -0.4 is 10.2 Å². The molecule has 0 bridgehead atoms. The molecule has 0 saturated carbocycles. The lowest BCUT2D eigenvalue weighted by atomic mass is 9.96. The number of anilines is 2. The highest BCUT2D eigenvalue weighted by molar-refractivity contribution is 7.80. The molecule has 0 unspecified atom stereocenters. The second-order valence-electron chi connectivity index (χ2n) is 8.23. The van der Waals surface area contributed by atoms with Gasteiger partial charge in [-0.3, -0.25) is 0 Å². The Morgan fingerprint density at radius 1 is 1.16 bits per heavy atom. The van der Waals surface area contributed by atoms with Gasteiger partial charge < -0.3 is 19.9 Å². The molecule has 5 nitrogen and oxygen atoms in total. The maximum atomic E-state index is 12.9. The lowest BCUT2D eigenvalue weighted by Gasteiger charge is -2.37. The Labute approximate surface area is 204 Å². The van der Waals surface area contributed by atoms with Crippen LogP contribution in [-0.4, -0.2) is 48.8 Å². The number of nitrogens with zero attached hydrogens (tertiary/aromatic N) is 2. The van der Waals surface area contributed by atoms with Gasteiger partial charge in [0.1, 0.15) is 5.00 Å². The summed E-state index contributed by atoms with van der Waals surface area (Å²) in [5, 5.41) is 5.69. The smallest absolute Gasteiger partial charge is 0.341 e. The number of carbonyl (C=O) groups excluding carboxylic acids is 1. The van der Waals surface area contributed by atoms with E-state index >= 15 is 0 Å². The molecule has 8 heteroatoms. The Morgan fingerprint density at radius 3 is 2.62 bits per heavy atom. The van der Waals surface area contributed by atoms with E-state index in [2.05, 4.69) is 21.2 Å². The van der Waals surface area contributed by atoms with E-state index in [1.54, 1.807) is 11.3 Å². The molecule has 1 fully saturated rings. The molecule has 0 amide bonds. The summed E-state index contributed by atoms with van der Waals surface area (Å²) in [7, 11) is 0. The number of benzene rings is 1. The van der Waals surface area contributed by atoms with Gasteiger partial charge >= 0.3 is 5.97 Å². The van der Waals surface area contributed by atoms with Crippen molar-refractivity contribution in [3.8, 4) is 0 Å². The molecule has 32 heavy (non-hydrogen) atoms. The van der Waals surface area contributed by atoms with Crippen molar-refractivity contribution in [2.45, 2.75) is 45.4 Å². The van der Waals surface area contributed by atoms with Gasteiger partial charge in [-0.05, 0) is 68.6 Å². The van der Waals surface area contributed by atoms with Crippen molar-refractivity contribution < 1.29 is 9.53 Å². The lowest BCUT2D eigenvalue weighted by molar-refractivity contribution is 0.0526. The maximum Gasteiger partial charge on any atom is 0.341 e. The quantitative estimate of drug-likeness (QED) is 0.433. The number of ether oxygens (including phenoxy) is 1. The van der Waals surface area contributed by atoms with Crippen LogP contribution in [-0.2, 0) is 17.6 Å². The Kier molecular flexibility index (Phi) is 7.92. The van der Waals surface area contributed by atoms with Gasteiger partial charge in [-0.2, -0.15) is 0 Å². The zero-order valence-electron chi connectivity index (χ0n) is 18.5. The van der Waals surface area contributed by atoms with E-state index in [0.29, 0.717) is 17.3 Å². The van der Waals surface area contributed by atoms with E-state index < -0.39 is 0 Å². The van der Waals surface area contributed by atoms with E-state index in [1.165, 1.54) is 29.7 Å². The third-order valence-corrected chi connectivity index (χ3v) is 7.91. The predicted octanol–water partition coefficient (Wildman–Crippen LogP) is 5.76. The number of carbonyl (C=O) groups is 1. The number of hydrogen-bond donors (Lipinski definition) is 1. The first-order valence-electron chi connectivity index (χ1n) is 11.4. The Hall–Kier alpha value is -1.83. The average Bonchev–Trinajstić information content (AvgIpc) is 3.10. The van der Waals surface area contributed by atoms with Crippen LogP contribution in [0.2, 0.25) is 5.02 Å². The Morgan fingerprint density at radius 2 is 1.91 bits per heavy atom. The molecule has 172 valence electrons. The molecule has 0 spiro atoms. The number of nitrogens with one attached hydrogen (secondary N) is 1. The number of halogens is 1. The number of thiophene rings is 1. The normalized spacial score (nSPS) is 16.7. The van der Waals surface area contributed by atoms with E-state index in [-0.39, 0.29) is 5.97 Å². The highest BCUT2D eigenvalue weighted by Gasteiger charge is 2.27. The summed E-state index contributed by atoms with van der Waals surface area (Å²) in [4.78, 5) is 18.7. The number of rotatable bonds is 4. The summed E-state index contributed by atoms with van der Waals surface area (Å²) in [6.07, 6.45) is 6.72. The number of aryl methyl sites for hydroxylation is 1. The van der Waals surface area contributed by atoms with Crippen LogP contribution >= 0.6 is 35.2 Å². The molecule has 0 atom stereocenters. The molecule has 2 heterocycles. The van der Waals surface area contributed by atoms with E-state index in [9.17, 15) is 4.79 Å². The number of fused-ring (bicyclic) bond motifs is 1. The molecule has 0 radical (unpaired) electrons. The first kappa shape index (κ1) is 23.3. The molecular weight excluding hydrogens is 462 g/mol. The summed E-state index contributed by atoms with van der Waals surface area (Å²) in [5.41, 5.74) is 3.01. The van der Waals surface area contributed by atoms with Crippen LogP contribution in [0.5, 0.6) is 0 Å². The minimum atomic E-state index is -0.235. The second kappa shape index (κ2) is 10.9. The van der Waals surface area contributed by atoms with E-state index in [4.69, 9.17) is 28.6 Å². The number of thiocarbonyl (C=S) groups is 1. The fourth-order valence-corrected chi connectivity index (χ4v) is 6.25. The second-order valence-corrected chi connectivity index (χ2v) is 10.2. The van der Waals surface area contributed by atoms with Crippen molar-refractivity contribution in [2.24, 2.45) is 0 Å². The number of piperazine rings is 1. The maximum absolute atomic E-state index is 12.9. The van der Waals surface area contributed by atoms with Gasteiger partial charge in [-0.1, -0.05) is 30.5 Å². The summed E-state index contributed by atoms with van der Waals surface area (Å²) in [6.45, 7) is 5.60. The highest BCUT2D eigenvalue weighted by Crippen LogP contribution is 2.38. The molecule has 2 aliphatic rings. The van der Waals surface area contributed by atoms with Crippen molar-refractivity contribution in [1.29, 1.82) is 0 Å². The van der Waals surface area contributed by atoms with Crippen molar-refractivity contribution in [3.05, 3.63) is 45.3 Å². The first-order chi connectivity index (χ1) is 15.6. The predicted molar refractivity (Wildman–Crippen MR) is 138 cm³/mol. The topological polar surface area (TPSA) is 44.8 Å². The van der Waals surface area contributed by atoms with Gasteiger partial charge in [0.05, 0.1) is 12.2 Å². The van der Waals surface area contributed by atoms with Crippen molar-refractivity contribution in [2.75, 3.05) is 43.0 Å². The lowest BCUT2D eigenvalue weighted by Crippen LogP contribution is -2.50. The van der Waals surface area contributed by atoms with E-state index in [0.717, 1.165) is 61.2 Å². The fourth-order valence-electron chi connectivity index (χ4n) is 4.44. The molecule has 1 aliphatic carbocycles. The minimum absolute atomic E-state index is 0.235. The molecule has 4 rings (SSSR count). The Balaban J connectivity index is 1.47. The summed E-state index contributed by atoms with van der Waals surface area (Å²) >= 11 is 13.6. The SMILES string of the molecule is CCOC(=O)c1c(NC(=S)N2CCN(c3cccc(Cl)c3)CC2)sc2c1CCCCCC2. The molecule has 1 N–H and O–H groups in total. The summed E-state index contributed by atoms with van der Waals surface area (Å²) in [6, 6.07) is 7.97. The highest BCUT2D eigenvalue weighted by atomic mass is 35.5. The molecule has 1 aliphatic heterocycles. The van der Waals surface area contributed by atoms with Gasteiger partial charge in [0.15, 0.2) is 5.11 Å². The van der Waals surface area contributed by atoms with Crippen LogP contribution in [0.4, 0.5) is 10.7 Å².